The summed E-state index contributed by atoms with van der Waals surface area (Å²) in [5.74, 6) is -1.44. The predicted octanol–water partition coefficient (Wildman–Crippen LogP) is 1.28. The van der Waals surface area contributed by atoms with Crippen LogP contribution in [-0.2, 0) is 21.2 Å². The molecule has 0 radical (unpaired) electrons. The molecule has 0 aliphatic rings. The minimum Gasteiger partial charge on any atom is -0.426 e. The lowest BCUT2D eigenvalue weighted by Crippen LogP contribution is -2.48. The van der Waals surface area contributed by atoms with Crippen molar-refractivity contribution in [1.82, 2.24) is 5.32 Å². The fourth-order valence-corrected chi connectivity index (χ4v) is 3.99. The largest absolute Gasteiger partial charge is 0.475 e. The molecule has 0 heterocycles. The van der Waals surface area contributed by atoms with Gasteiger partial charge >= 0.3 is 7.12 Å². The highest BCUT2D eigenvalue weighted by molar-refractivity contribution is 7.92. The molecule has 0 fully saturated rings. The van der Waals surface area contributed by atoms with Gasteiger partial charge in [0.25, 0.3) is 0 Å². The second-order valence-corrected chi connectivity index (χ2v) is 9.02. The predicted molar refractivity (Wildman–Crippen MR) is 115 cm³/mol. The van der Waals surface area contributed by atoms with Gasteiger partial charge in [-0.2, -0.15) is 0 Å². The van der Waals surface area contributed by atoms with Gasteiger partial charge in [-0.3, -0.25) is 9.10 Å². The van der Waals surface area contributed by atoms with Crippen molar-refractivity contribution in [3.05, 3.63) is 65.7 Å². The Kier molecular flexibility index (Phi) is 8.25. The molecular weight excluding hydrogens is 391 g/mol. The Labute approximate surface area is 172 Å². The Morgan fingerprint density at radius 1 is 1.10 bits per heavy atom. The second-order valence-electron chi connectivity index (χ2n) is 6.84. The number of sulfonamides is 1. The summed E-state index contributed by atoms with van der Waals surface area (Å²) in [7, 11) is -5.28. The zero-order valence-corrected chi connectivity index (χ0v) is 17.5. The quantitative estimate of drug-likeness (QED) is 0.504. The third kappa shape index (κ3) is 6.88. The summed E-state index contributed by atoms with van der Waals surface area (Å²) < 4.78 is 26.1. The first kappa shape index (κ1) is 22.9. The number of nitrogens with zero attached hydrogens (tertiary/aromatic N) is 1. The molecule has 0 spiro atoms. The number of nitrogens with one attached hydrogen (secondary N) is 1. The Hall–Kier alpha value is -2.36. The number of anilines is 1. The van der Waals surface area contributed by atoms with Crippen molar-refractivity contribution >= 4 is 28.7 Å². The SMILES string of the molecule is CCS(=O)(=O)N(CCC(=O)NC(Cc1ccc(C)cc1)B(O)O)c1ccccc1. The van der Waals surface area contributed by atoms with Crippen molar-refractivity contribution in [1.29, 1.82) is 0 Å². The van der Waals surface area contributed by atoms with E-state index in [0.717, 1.165) is 11.1 Å². The maximum Gasteiger partial charge on any atom is 0.475 e. The number of hydrogen-bond acceptors (Lipinski definition) is 5. The summed E-state index contributed by atoms with van der Waals surface area (Å²) in [5.41, 5.74) is 2.42. The number of carbonyl (C=O) groups is 1. The molecule has 0 aliphatic carbocycles. The van der Waals surface area contributed by atoms with Gasteiger partial charge in [0.15, 0.2) is 0 Å². The van der Waals surface area contributed by atoms with Crippen LogP contribution in [-0.4, -0.2) is 49.7 Å². The standard InChI is InChI=1S/C20H27BN2O5S/c1-3-29(27,28)23(18-7-5-4-6-8-18)14-13-20(24)22-19(21(25)26)15-17-11-9-16(2)10-12-17/h4-12,19,25-26H,3,13-15H2,1-2H3,(H,22,24). The number of amides is 1. The first-order valence-electron chi connectivity index (χ1n) is 9.49. The number of benzene rings is 2. The van der Waals surface area contributed by atoms with Crippen LogP contribution < -0.4 is 9.62 Å². The van der Waals surface area contributed by atoms with Gasteiger partial charge in [0.1, 0.15) is 0 Å². The molecule has 1 atom stereocenters. The van der Waals surface area contributed by atoms with Crippen molar-refractivity contribution in [2.24, 2.45) is 0 Å². The maximum atomic E-state index is 12.4. The highest BCUT2D eigenvalue weighted by atomic mass is 32.2. The fraction of sp³-hybridized carbons (Fsp3) is 0.350. The lowest BCUT2D eigenvalue weighted by atomic mass is 9.76. The first-order chi connectivity index (χ1) is 13.7. The van der Waals surface area contributed by atoms with Crippen LogP contribution in [0.1, 0.15) is 24.5 Å². The minimum absolute atomic E-state index is 0.0369. The lowest BCUT2D eigenvalue weighted by Gasteiger charge is -2.24. The third-order valence-electron chi connectivity index (χ3n) is 4.57. The molecule has 1 unspecified atom stereocenters. The molecule has 1 amide bonds. The molecule has 2 aromatic carbocycles. The second kappa shape index (κ2) is 10.4. The van der Waals surface area contributed by atoms with E-state index in [1.54, 1.807) is 37.3 Å². The lowest BCUT2D eigenvalue weighted by molar-refractivity contribution is -0.121. The van der Waals surface area contributed by atoms with E-state index in [-0.39, 0.29) is 25.1 Å². The Balaban J connectivity index is 2.03. The molecule has 156 valence electrons. The highest BCUT2D eigenvalue weighted by Gasteiger charge is 2.27. The highest BCUT2D eigenvalue weighted by Crippen LogP contribution is 2.18. The van der Waals surface area contributed by atoms with Crippen LogP contribution in [0, 0.1) is 6.92 Å². The smallest absolute Gasteiger partial charge is 0.426 e. The maximum absolute atomic E-state index is 12.4. The zero-order valence-electron chi connectivity index (χ0n) is 16.7. The number of aryl methyl sites for hydroxylation is 1. The third-order valence-corrected chi connectivity index (χ3v) is 6.36. The summed E-state index contributed by atoms with van der Waals surface area (Å²) in [6.07, 6.45) is 0.143. The van der Waals surface area contributed by atoms with Gasteiger partial charge in [0, 0.05) is 13.0 Å². The summed E-state index contributed by atoms with van der Waals surface area (Å²) in [6.45, 7) is 3.46. The average Bonchev–Trinajstić information content (AvgIpc) is 2.69. The number of hydrogen-bond donors (Lipinski definition) is 3. The van der Waals surface area contributed by atoms with Gasteiger partial charge in [-0.1, -0.05) is 48.0 Å². The summed E-state index contributed by atoms with van der Waals surface area (Å²) in [6, 6.07) is 16.1. The molecule has 0 saturated heterocycles. The van der Waals surface area contributed by atoms with Crippen molar-refractivity contribution in [3.8, 4) is 0 Å². The van der Waals surface area contributed by atoms with Crippen LogP contribution in [0.4, 0.5) is 5.69 Å². The van der Waals surface area contributed by atoms with Crippen LogP contribution in [0.15, 0.2) is 54.6 Å². The van der Waals surface area contributed by atoms with Crippen LogP contribution in [0.2, 0.25) is 0 Å². The molecule has 3 N–H and O–H groups in total. The van der Waals surface area contributed by atoms with Gasteiger partial charge in [0.05, 0.1) is 17.4 Å². The zero-order chi connectivity index (χ0) is 21.4. The van der Waals surface area contributed by atoms with Gasteiger partial charge in [-0.05, 0) is 38.0 Å². The Bertz CT molecular complexity index is 889. The van der Waals surface area contributed by atoms with Crippen LogP contribution >= 0.6 is 0 Å². The van der Waals surface area contributed by atoms with Crippen LogP contribution in [0.5, 0.6) is 0 Å². The minimum atomic E-state index is -3.55. The van der Waals surface area contributed by atoms with E-state index < -0.39 is 29.0 Å². The number of para-hydroxylation sites is 1. The van der Waals surface area contributed by atoms with Crippen molar-refractivity contribution in [2.45, 2.75) is 32.6 Å². The molecule has 2 rings (SSSR count). The molecule has 2 aromatic rings. The van der Waals surface area contributed by atoms with Crippen molar-refractivity contribution in [2.75, 3.05) is 16.6 Å². The van der Waals surface area contributed by atoms with Gasteiger partial charge < -0.3 is 15.4 Å². The first-order valence-corrected chi connectivity index (χ1v) is 11.1. The van der Waals surface area contributed by atoms with E-state index in [1.807, 2.05) is 31.2 Å². The average molecular weight is 418 g/mol. The van der Waals surface area contributed by atoms with Crippen LogP contribution in [0.3, 0.4) is 0 Å². The monoisotopic (exact) mass is 418 g/mol. The van der Waals surface area contributed by atoms with E-state index in [4.69, 9.17) is 0 Å². The molecule has 0 bridgehead atoms. The van der Waals surface area contributed by atoms with E-state index in [9.17, 15) is 23.3 Å². The molecule has 7 nitrogen and oxygen atoms in total. The topological polar surface area (TPSA) is 107 Å². The van der Waals surface area contributed by atoms with Crippen LogP contribution in [0.25, 0.3) is 0 Å². The molecule has 9 heteroatoms. The fourth-order valence-electron chi connectivity index (χ4n) is 2.87. The molecular formula is C20H27BN2O5S. The van der Waals surface area contributed by atoms with E-state index in [1.165, 1.54) is 4.31 Å². The summed E-state index contributed by atoms with van der Waals surface area (Å²) in [4.78, 5) is 12.4. The molecule has 29 heavy (non-hydrogen) atoms. The number of rotatable bonds is 10. The summed E-state index contributed by atoms with van der Waals surface area (Å²) >= 11 is 0. The van der Waals surface area contributed by atoms with Crippen molar-refractivity contribution < 1.29 is 23.3 Å². The molecule has 0 aliphatic heterocycles. The molecule has 0 aromatic heterocycles. The van der Waals surface area contributed by atoms with E-state index in [2.05, 4.69) is 5.32 Å². The van der Waals surface area contributed by atoms with Gasteiger partial charge in [0.2, 0.25) is 15.9 Å². The number of carbonyl (C=O) groups excluding carboxylic acids is 1. The molecule has 0 saturated carbocycles. The Morgan fingerprint density at radius 3 is 2.28 bits per heavy atom. The van der Waals surface area contributed by atoms with Gasteiger partial charge in [-0.25, -0.2) is 8.42 Å². The Morgan fingerprint density at radius 2 is 1.72 bits per heavy atom. The van der Waals surface area contributed by atoms with E-state index in [0.29, 0.717) is 5.69 Å². The van der Waals surface area contributed by atoms with Crippen molar-refractivity contribution in [3.63, 3.8) is 0 Å². The summed E-state index contributed by atoms with van der Waals surface area (Å²) in [5, 5.41) is 21.9. The normalized spacial score (nSPS) is 12.3. The van der Waals surface area contributed by atoms with E-state index >= 15 is 0 Å². The van der Waals surface area contributed by atoms with Gasteiger partial charge in [-0.15, -0.1) is 0 Å².